The smallest absolute Gasteiger partial charge is 0.294 e. The monoisotopic (exact) mass is 204 g/mol. The Labute approximate surface area is 80.3 Å². The maximum atomic E-state index is 10.8. The molecule has 0 saturated heterocycles. The Morgan fingerprint density at radius 3 is 2.50 bits per heavy atom. The fourth-order valence-corrected chi connectivity index (χ4v) is 1.66. The molecule has 1 aliphatic rings. The summed E-state index contributed by atoms with van der Waals surface area (Å²) in [7, 11) is 1.42. The first-order valence-corrected chi connectivity index (χ1v) is 4.18. The van der Waals surface area contributed by atoms with Gasteiger partial charge in [0.2, 0.25) is 5.91 Å². The second-order valence-corrected chi connectivity index (χ2v) is 3.21. The highest BCUT2D eigenvalue weighted by Crippen LogP contribution is 2.29. The quantitative estimate of drug-likeness (QED) is 0.489. The fraction of sp³-hybridized carbons (Fsp3) is 0.857. The average molecular weight is 204 g/mol. The molecule has 0 aliphatic heterocycles. The van der Waals surface area contributed by atoms with E-state index in [2.05, 4.69) is 4.84 Å². The van der Waals surface area contributed by atoms with Gasteiger partial charge in [0.1, 0.15) is 6.10 Å². The van der Waals surface area contributed by atoms with Crippen LogP contribution >= 0.6 is 0 Å². The number of ether oxygens (including phenoxy) is 1. The SMILES string of the molecule is CO[C@@H]1C[C@H](C(N)=O)C[C@H]1O[N+](=O)[O-]. The number of methoxy groups -OCH3 is 1. The number of primary amides is 1. The lowest BCUT2D eigenvalue weighted by Crippen LogP contribution is -2.27. The van der Waals surface area contributed by atoms with Crippen LogP contribution in [-0.4, -0.2) is 30.3 Å². The second kappa shape index (κ2) is 4.23. The zero-order valence-corrected chi connectivity index (χ0v) is 7.71. The van der Waals surface area contributed by atoms with Gasteiger partial charge in [0.05, 0.1) is 6.10 Å². The molecule has 2 N–H and O–H groups in total. The zero-order chi connectivity index (χ0) is 10.7. The largest absolute Gasteiger partial charge is 0.379 e. The van der Waals surface area contributed by atoms with Crippen molar-refractivity contribution in [2.24, 2.45) is 11.7 Å². The standard InChI is InChI=1S/C7H12N2O5/c1-13-5-2-4(7(8)10)3-6(5)14-9(11)12/h4-6H,2-3H2,1H3,(H2,8,10)/t4-,5+,6+/m0/s1. The van der Waals surface area contributed by atoms with E-state index in [0.717, 1.165) is 0 Å². The van der Waals surface area contributed by atoms with Crippen LogP contribution in [-0.2, 0) is 14.4 Å². The van der Waals surface area contributed by atoms with Crippen LogP contribution < -0.4 is 5.73 Å². The second-order valence-electron chi connectivity index (χ2n) is 3.21. The van der Waals surface area contributed by atoms with Crippen LogP contribution in [0.5, 0.6) is 0 Å². The number of nitrogens with zero attached hydrogens (tertiary/aromatic N) is 1. The lowest BCUT2D eigenvalue weighted by Gasteiger charge is -2.14. The molecule has 1 aliphatic carbocycles. The van der Waals surface area contributed by atoms with E-state index < -0.39 is 29.1 Å². The molecule has 3 atom stereocenters. The molecule has 0 unspecified atom stereocenters. The van der Waals surface area contributed by atoms with E-state index in [-0.39, 0.29) is 6.42 Å². The van der Waals surface area contributed by atoms with Gasteiger partial charge in [-0.25, -0.2) is 0 Å². The van der Waals surface area contributed by atoms with Gasteiger partial charge in [-0.15, -0.1) is 10.1 Å². The van der Waals surface area contributed by atoms with Crippen molar-refractivity contribution >= 4 is 5.91 Å². The lowest BCUT2D eigenvalue weighted by atomic mass is 10.1. The molecule has 0 aromatic rings. The van der Waals surface area contributed by atoms with Crippen LogP contribution in [0.4, 0.5) is 0 Å². The number of carbonyl (C=O) groups is 1. The molecule has 0 heterocycles. The predicted molar refractivity (Wildman–Crippen MR) is 44.6 cm³/mol. The Bertz CT molecular complexity index is 244. The molecule has 1 fully saturated rings. The Morgan fingerprint density at radius 2 is 2.07 bits per heavy atom. The number of hydrogen-bond donors (Lipinski definition) is 1. The van der Waals surface area contributed by atoms with Crippen LogP contribution in [0.3, 0.4) is 0 Å². The van der Waals surface area contributed by atoms with Crippen LogP contribution in [0.1, 0.15) is 12.8 Å². The highest BCUT2D eigenvalue weighted by molar-refractivity contribution is 5.77. The molecule has 0 aromatic carbocycles. The minimum Gasteiger partial charge on any atom is -0.379 e. The maximum Gasteiger partial charge on any atom is 0.294 e. The summed E-state index contributed by atoms with van der Waals surface area (Å²) in [5.41, 5.74) is 5.09. The Morgan fingerprint density at radius 1 is 1.50 bits per heavy atom. The van der Waals surface area contributed by atoms with Gasteiger partial charge in [-0.05, 0) is 12.8 Å². The third kappa shape index (κ3) is 2.32. The molecule has 14 heavy (non-hydrogen) atoms. The van der Waals surface area contributed by atoms with Gasteiger partial charge >= 0.3 is 0 Å². The molecule has 1 saturated carbocycles. The van der Waals surface area contributed by atoms with Crippen LogP contribution in [0.25, 0.3) is 0 Å². The number of amides is 1. The van der Waals surface area contributed by atoms with Crippen molar-refractivity contribution in [3.63, 3.8) is 0 Å². The molecule has 7 heteroatoms. The number of carbonyl (C=O) groups excluding carboxylic acids is 1. The van der Waals surface area contributed by atoms with Crippen molar-refractivity contribution in [3.05, 3.63) is 10.1 Å². The average Bonchev–Trinajstić information content (AvgIpc) is 2.46. The van der Waals surface area contributed by atoms with Crippen molar-refractivity contribution in [2.75, 3.05) is 7.11 Å². The molecule has 0 spiro atoms. The summed E-state index contributed by atoms with van der Waals surface area (Å²) in [6.45, 7) is 0. The molecular weight excluding hydrogens is 192 g/mol. The first-order chi connectivity index (χ1) is 6.54. The fourth-order valence-electron chi connectivity index (χ4n) is 1.66. The summed E-state index contributed by atoms with van der Waals surface area (Å²) in [6.07, 6.45) is -0.496. The molecule has 0 radical (unpaired) electrons. The van der Waals surface area contributed by atoms with Crippen molar-refractivity contribution in [1.29, 1.82) is 0 Å². The summed E-state index contributed by atoms with van der Waals surface area (Å²) in [6, 6.07) is 0. The van der Waals surface area contributed by atoms with Gasteiger partial charge < -0.3 is 15.3 Å². The number of rotatable bonds is 4. The number of hydrogen-bond acceptors (Lipinski definition) is 5. The van der Waals surface area contributed by atoms with Crippen molar-refractivity contribution < 1.29 is 19.5 Å². The molecule has 7 nitrogen and oxygen atoms in total. The summed E-state index contributed by atoms with van der Waals surface area (Å²) < 4.78 is 4.97. The highest BCUT2D eigenvalue weighted by Gasteiger charge is 2.39. The minimum absolute atomic E-state index is 0.245. The van der Waals surface area contributed by atoms with E-state index in [1.807, 2.05) is 0 Å². The summed E-state index contributed by atoms with van der Waals surface area (Å²) >= 11 is 0. The molecule has 0 bridgehead atoms. The van der Waals surface area contributed by atoms with Crippen LogP contribution in [0.15, 0.2) is 0 Å². The highest BCUT2D eigenvalue weighted by atomic mass is 17.0. The maximum absolute atomic E-state index is 10.8. The van der Waals surface area contributed by atoms with E-state index in [9.17, 15) is 14.9 Å². The third-order valence-corrected chi connectivity index (χ3v) is 2.37. The molecule has 80 valence electrons. The molecular formula is C7H12N2O5. The van der Waals surface area contributed by atoms with Crippen LogP contribution in [0.2, 0.25) is 0 Å². The van der Waals surface area contributed by atoms with Crippen molar-refractivity contribution in [3.8, 4) is 0 Å². The lowest BCUT2D eigenvalue weighted by molar-refractivity contribution is -0.770. The zero-order valence-electron chi connectivity index (χ0n) is 7.71. The van der Waals surface area contributed by atoms with Gasteiger partial charge in [0.15, 0.2) is 0 Å². The summed E-state index contributed by atoms with van der Waals surface area (Å²) in [5, 5.41) is 9.23. The van der Waals surface area contributed by atoms with Gasteiger partial charge in [-0.1, -0.05) is 0 Å². The van der Waals surface area contributed by atoms with E-state index >= 15 is 0 Å². The molecule has 1 rings (SSSR count). The normalized spacial score (nSPS) is 31.4. The molecule has 0 aromatic heterocycles. The topological polar surface area (TPSA) is 105 Å². The van der Waals surface area contributed by atoms with Gasteiger partial charge in [-0.3, -0.25) is 4.79 Å². The van der Waals surface area contributed by atoms with Crippen molar-refractivity contribution in [1.82, 2.24) is 0 Å². The van der Waals surface area contributed by atoms with E-state index in [1.54, 1.807) is 0 Å². The van der Waals surface area contributed by atoms with E-state index in [4.69, 9.17) is 10.5 Å². The number of nitrogens with two attached hydrogens (primary N) is 1. The molecule has 1 amide bonds. The van der Waals surface area contributed by atoms with Crippen LogP contribution in [0, 0.1) is 16.0 Å². The Kier molecular flexibility index (Phi) is 3.23. The van der Waals surface area contributed by atoms with Crippen molar-refractivity contribution in [2.45, 2.75) is 25.0 Å². The summed E-state index contributed by atoms with van der Waals surface area (Å²) in [5.74, 6) is -0.869. The Hall–Kier alpha value is -1.37. The first-order valence-electron chi connectivity index (χ1n) is 4.18. The predicted octanol–water partition coefficient (Wildman–Crippen LogP) is -0.526. The first kappa shape index (κ1) is 10.7. The van der Waals surface area contributed by atoms with Gasteiger partial charge in [0, 0.05) is 13.0 Å². The Balaban J connectivity index is 2.57. The van der Waals surface area contributed by atoms with E-state index in [0.29, 0.717) is 6.42 Å². The minimum atomic E-state index is -0.875. The van der Waals surface area contributed by atoms with E-state index in [1.165, 1.54) is 7.11 Å². The summed E-state index contributed by atoms with van der Waals surface area (Å²) in [4.78, 5) is 25.3. The van der Waals surface area contributed by atoms with Gasteiger partial charge in [-0.2, -0.15) is 0 Å². The van der Waals surface area contributed by atoms with Gasteiger partial charge in [0.25, 0.3) is 5.09 Å². The third-order valence-electron chi connectivity index (χ3n) is 2.37.